The predicted octanol–water partition coefficient (Wildman–Crippen LogP) is 2.60. The number of fused-ring (bicyclic) bond motifs is 1. The smallest absolute Gasteiger partial charge is 0.240 e. The van der Waals surface area contributed by atoms with Gasteiger partial charge in [0.05, 0.1) is 4.90 Å². The van der Waals surface area contributed by atoms with Gasteiger partial charge in [-0.1, -0.05) is 30.3 Å². The van der Waals surface area contributed by atoms with Crippen LogP contribution in [0, 0.1) is 0 Å². The molecule has 2 heterocycles. The lowest BCUT2D eigenvalue weighted by Crippen LogP contribution is -2.46. The highest BCUT2D eigenvalue weighted by molar-refractivity contribution is 7.89. The predicted molar refractivity (Wildman–Crippen MR) is 114 cm³/mol. The molecule has 1 amide bonds. The SMILES string of the molecule is O=C(CCNS(=O)(=O)c1ccc2ccccc2c1)N1CCC(N2CCCC2)CC1. The van der Waals surface area contributed by atoms with Crippen molar-refractivity contribution in [1.29, 1.82) is 0 Å². The standard InChI is InChI=1S/C22H29N3O3S/c26-22(25-15-10-20(11-16-25)24-13-3-4-14-24)9-12-23-29(27,28)21-8-7-18-5-1-2-6-19(18)17-21/h1-2,5-8,17,20,23H,3-4,9-16H2. The fourth-order valence-corrected chi connectivity index (χ4v) is 5.52. The molecule has 2 aromatic rings. The van der Waals surface area contributed by atoms with Gasteiger partial charge in [0, 0.05) is 32.1 Å². The molecular formula is C22H29N3O3S. The van der Waals surface area contributed by atoms with Gasteiger partial charge in [0.2, 0.25) is 15.9 Å². The third-order valence-corrected chi connectivity index (χ3v) is 7.60. The Labute approximate surface area is 172 Å². The van der Waals surface area contributed by atoms with Crippen LogP contribution in [0.1, 0.15) is 32.1 Å². The van der Waals surface area contributed by atoms with E-state index in [1.54, 1.807) is 18.2 Å². The van der Waals surface area contributed by atoms with Crippen LogP contribution >= 0.6 is 0 Å². The number of sulfonamides is 1. The van der Waals surface area contributed by atoms with E-state index >= 15 is 0 Å². The van der Waals surface area contributed by atoms with Gasteiger partial charge in [-0.15, -0.1) is 0 Å². The van der Waals surface area contributed by atoms with Crippen LogP contribution in [0.15, 0.2) is 47.4 Å². The van der Waals surface area contributed by atoms with E-state index in [0.29, 0.717) is 6.04 Å². The summed E-state index contributed by atoms with van der Waals surface area (Å²) in [6.45, 7) is 4.05. The average Bonchev–Trinajstić information content (AvgIpc) is 3.28. The summed E-state index contributed by atoms with van der Waals surface area (Å²) in [5.41, 5.74) is 0. The number of hydrogen-bond acceptors (Lipinski definition) is 4. The average molecular weight is 416 g/mol. The van der Waals surface area contributed by atoms with Gasteiger partial charge in [-0.2, -0.15) is 0 Å². The summed E-state index contributed by atoms with van der Waals surface area (Å²) in [4.78, 5) is 17.2. The van der Waals surface area contributed by atoms with E-state index in [1.807, 2.05) is 29.2 Å². The fraction of sp³-hybridized carbons (Fsp3) is 0.500. The molecule has 156 valence electrons. The van der Waals surface area contributed by atoms with Crippen molar-refractivity contribution < 1.29 is 13.2 Å². The second-order valence-corrected chi connectivity index (χ2v) is 9.78. The van der Waals surface area contributed by atoms with Crippen LogP contribution in [0.25, 0.3) is 10.8 Å². The molecule has 2 aliphatic heterocycles. The zero-order valence-electron chi connectivity index (χ0n) is 16.7. The maximum atomic E-state index is 12.6. The molecule has 2 saturated heterocycles. The molecule has 2 fully saturated rings. The van der Waals surface area contributed by atoms with Crippen LogP contribution in [0.3, 0.4) is 0 Å². The van der Waals surface area contributed by atoms with Gasteiger partial charge in [-0.3, -0.25) is 4.79 Å². The molecule has 0 spiro atoms. The Balaban J connectivity index is 1.27. The number of nitrogens with zero attached hydrogens (tertiary/aromatic N) is 2. The number of benzene rings is 2. The first-order valence-electron chi connectivity index (χ1n) is 10.5. The van der Waals surface area contributed by atoms with Gasteiger partial charge in [0.15, 0.2) is 0 Å². The highest BCUT2D eigenvalue weighted by atomic mass is 32.2. The number of carbonyl (C=O) groups excluding carboxylic acids is 1. The first-order valence-corrected chi connectivity index (χ1v) is 12.0. The molecule has 0 atom stereocenters. The molecular weight excluding hydrogens is 386 g/mol. The van der Waals surface area contributed by atoms with Crippen molar-refractivity contribution in [1.82, 2.24) is 14.5 Å². The van der Waals surface area contributed by atoms with Crippen molar-refractivity contribution in [3.63, 3.8) is 0 Å². The number of piperidine rings is 1. The third kappa shape index (κ3) is 4.79. The Morgan fingerprint density at radius 2 is 1.66 bits per heavy atom. The number of rotatable bonds is 6. The third-order valence-electron chi connectivity index (χ3n) is 6.14. The van der Waals surface area contributed by atoms with Crippen molar-refractivity contribution in [2.45, 2.75) is 43.0 Å². The first kappa shape index (κ1) is 20.3. The van der Waals surface area contributed by atoms with Crippen molar-refractivity contribution >= 4 is 26.7 Å². The summed E-state index contributed by atoms with van der Waals surface area (Å²) in [6, 6.07) is 13.3. The number of amides is 1. The lowest BCUT2D eigenvalue weighted by Gasteiger charge is -2.36. The van der Waals surface area contributed by atoms with Crippen LogP contribution in [-0.2, 0) is 14.8 Å². The van der Waals surface area contributed by atoms with E-state index in [0.717, 1.165) is 36.7 Å². The van der Waals surface area contributed by atoms with E-state index in [4.69, 9.17) is 0 Å². The van der Waals surface area contributed by atoms with Gasteiger partial charge >= 0.3 is 0 Å². The van der Waals surface area contributed by atoms with Crippen LogP contribution in [0.4, 0.5) is 0 Å². The number of likely N-dealkylation sites (tertiary alicyclic amines) is 2. The van der Waals surface area contributed by atoms with Crippen LogP contribution in [0.2, 0.25) is 0 Å². The van der Waals surface area contributed by atoms with Gasteiger partial charge < -0.3 is 9.80 Å². The summed E-state index contributed by atoms with van der Waals surface area (Å²) in [6.07, 6.45) is 4.82. The summed E-state index contributed by atoms with van der Waals surface area (Å²) < 4.78 is 27.7. The van der Waals surface area contributed by atoms with Crippen molar-refractivity contribution in [2.75, 3.05) is 32.7 Å². The van der Waals surface area contributed by atoms with Gasteiger partial charge in [0.1, 0.15) is 0 Å². The summed E-state index contributed by atoms with van der Waals surface area (Å²) in [5.74, 6) is 0.0334. The molecule has 0 unspecified atom stereocenters. The maximum Gasteiger partial charge on any atom is 0.240 e. The van der Waals surface area contributed by atoms with Crippen molar-refractivity contribution in [2.24, 2.45) is 0 Å². The maximum absolute atomic E-state index is 12.6. The van der Waals surface area contributed by atoms with Crippen molar-refractivity contribution in [3.8, 4) is 0 Å². The molecule has 2 aromatic carbocycles. The Bertz CT molecular complexity index is 962. The summed E-state index contributed by atoms with van der Waals surface area (Å²) >= 11 is 0. The summed E-state index contributed by atoms with van der Waals surface area (Å²) in [7, 11) is -3.63. The van der Waals surface area contributed by atoms with E-state index in [9.17, 15) is 13.2 Å². The molecule has 0 aliphatic carbocycles. The minimum Gasteiger partial charge on any atom is -0.343 e. The monoisotopic (exact) mass is 415 g/mol. The van der Waals surface area contributed by atoms with Crippen LogP contribution in [0.5, 0.6) is 0 Å². The Morgan fingerprint density at radius 1 is 0.966 bits per heavy atom. The minimum atomic E-state index is -3.63. The van der Waals surface area contributed by atoms with E-state index in [2.05, 4.69) is 9.62 Å². The quantitative estimate of drug-likeness (QED) is 0.787. The van der Waals surface area contributed by atoms with Gasteiger partial charge in [-0.25, -0.2) is 13.1 Å². The Morgan fingerprint density at radius 3 is 2.38 bits per heavy atom. The van der Waals surface area contributed by atoms with E-state index in [-0.39, 0.29) is 23.8 Å². The zero-order valence-corrected chi connectivity index (χ0v) is 17.5. The molecule has 0 bridgehead atoms. The minimum absolute atomic E-state index is 0.0334. The fourth-order valence-electron chi connectivity index (χ4n) is 4.46. The molecule has 0 saturated carbocycles. The lowest BCUT2D eigenvalue weighted by molar-refractivity contribution is -0.132. The van der Waals surface area contributed by atoms with E-state index < -0.39 is 10.0 Å². The molecule has 0 radical (unpaired) electrons. The second-order valence-electron chi connectivity index (χ2n) is 8.01. The Hall–Kier alpha value is -1.96. The van der Waals surface area contributed by atoms with Gasteiger partial charge in [-0.05, 0) is 61.7 Å². The molecule has 6 nitrogen and oxygen atoms in total. The Kier molecular flexibility index (Phi) is 6.18. The van der Waals surface area contributed by atoms with Gasteiger partial charge in [0.25, 0.3) is 0 Å². The highest BCUT2D eigenvalue weighted by Crippen LogP contribution is 2.22. The lowest BCUT2D eigenvalue weighted by atomic mass is 10.0. The van der Waals surface area contributed by atoms with E-state index in [1.165, 1.54) is 25.9 Å². The van der Waals surface area contributed by atoms with Crippen molar-refractivity contribution in [3.05, 3.63) is 42.5 Å². The topological polar surface area (TPSA) is 69.7 Å². The molecule has 1 N–H and O–H groups in total. The summed E-state index contributed by atoms with van der Waals surface area (Å²) in [5, 5.41) is 1.88. The molecule has 29 heavy (non-hydrogen) atoms. The molecule has 4 rings (SSSR count). The number of nitrogens with one attached hydrogen (secondary N) is 1. The van der Waals surface area contributed by atoms with Crippen LogP contribution in [-0.4, -0.2) is 62.9 Å². The molecule has 7 heteroatoms. The number of carbonyl (C=O) groups is 1. The highest BCUT2D eigenvalue weighted by Gasteiger charge is 2.28. The largest absolute Gasteiger partial charge is 0.343 e. The zero-order chi connectivity index (χ0) is 20.3. The van der Waals surface area contributed by atoms with Crippen LogP contribution < -0.4 is 4.72 Å². The normalized spacial score (nSPS) is 19.1. The molecule has 2 aliphatic rings. The number of hydrogen-bond donors (Lipinski definition) is 1. The molecule has 0 aromatic heterocycles. The second kappa shape index (κ2) is 8.81. The first-order chi connectivity index (χ1) is 14.0.